The molecule has 0 spiro atoms. The van der Waals surface area contributed by atoms with E-state index < -0.39 is 20.9 Å². The number of hydrogen-bond donors (Lipinski definition) is 1. The van der Waals surface area contributed by atoms with E-state index in [9.17, 15) is 23.3 Å². The van der Waals surface area contributed by atoms with Gasteiger partial charge in [0.2, 0.25) is 0 Å². The third-order valence-electron chi connectivity index (χ3n) is 4.94. The van der Waals surface area contributed by atoms with Crippen molar-refractivity contribution in [3.05, 3.63) is 99.5 Å². The lowest BCUT2D eigenvalue weighted by Crippen LogP contribution is -2.15. The molecule has 4 rings (SSSR count). The molecule has 0 atom stereocenters. The summed E-state index contributed by atoms with van der Waals surface area (Å²) in [5.74, 6) is -0.632. The van der Waals surface area contributed by atoms with E-state index in [1.54, 1.807) is 5.38 Å². The van der Waals surface area contributed by atoms with E-state index in [-0.39, 0.29) is 34.2 Å². The number of esters is 1. The quantitative estimate of drug-likeness (QED) is 0.185. The number of methoxy groups -OCH3 is 1. The van der Waals surface area contributed by atoms with Gasteiger partial charge >= 0.3 is 5.97 Å². The average molecular weight is 526 g/mol. The Hall–Kier alpha value is -4.29. The number of benzene rings is 3. The zero-order valence-electron chi connectivity index (χ0n) is 18.8. The number of sulfonamides is 1. The van der Waals surface area contributed by atoms with Gasteiger partial charge in [0, 0.05) is 23.1 Å². The van der Waals surface area contributed by atoms with Crippen LogP contribution in [0.25, 0.3) is 10.6 Å². The first-order valence-corrected chi connectivity index (χ1v) is 12.8. The van der Waals surface area contributed by atoms with Crippen LogP contribution in [0.2, 0.25) is 0 Å². The lowest BCUT2D eigenvalue weighted by molar-refractivity contribution is -0.384. The van der Waals surface area contributed by atoms with Crippen LogP contribution >= 0.6 is 11.3 Å². The number of nitro groups is 1. The second-order valence-corrected chi connectivity index (χ2v) is 9.90. The lowest BCUT2D eigenvalue weighted by atomic mass is 10.2. The standard InChI is InChI=1S/C24H19N3O7S2/c1-33-22-11-10-19(27(29)30)13-21(22)26-36(31,32)20-9-5-8-17(12-20)24(28)34-14-18-15-35-23(25-18)16-6-3-2-4-7-16/h2-13,15,26H,14H2,1H3. The van der Waals surface area contributed by atoms with E-state index in [4.69, 9.17) is 9.47 Å². The number of aromatic nitrogens is 1. The van der Waals surface area contributed by atoms with E-state index >= 15 is 0 Å². The summed E-state index contributed by atoms with van der Waals surface area (Å²) < 4.78 is 38.6. The number of hydrogen-bond acceptors (Lipinski definition) is 9. The Bertz CT molecular complexity index is 1520. The zero-order chi connectivity index (χ0) is 25.7. The maximum Gasteiger partial charge on any atom is 0.338 e. The predicted molar refractivity (Wildman–Crippen MR) is 134 cm³/mol. The maximum atomic E-state index is 12.9. The number of anilines is 1. The molecular formula is C24H19N3O7S2. The van der Waals surface area contributed by atoms with Gasteiger partial charge in [0.25, 0.3) is 15.7 Å². The van der Waals surface area contributed by atoms with Crippen LogP contribution in [0, 0.1) is 10.1 Å². The van der Waals surface area contributed by atoms with Crippen molar-refractivity contribution in [3.8, 4) is 16.3 Å². The number of rotatable bonds is 9. The van der Waals surface area contributed by atoms with Gasteiger partial charge in [-0.3, -0.25) is 14.8 Å². The molecule has 0 bridgehead atoms. The predicted octanol–water partition coefficient (Wildman–Crippen LogP) is 4.88. The van der Waals surface area contributed by atoms with E-state index in [0.717, 1.165) is 22.7 Å². The summed E-state index contributed by atoms with van der Waals surface area (Å²) in [7, 11) is -2.90. The number of nitrogens with one attached hydrogen (secondary N) is 1. The highest BCUT2D eigenvalue weighted by Crippen LogP contribution is 2.31. The molecule has 10 nitrogen and oxygen atoms in total. The van der Waals surface area contributed by atoms with Crippen molar-refractivity contribution in [2.45, 2.75) is 11.5 Å². The Morgan fingerprint density at radius 2 is 1.86 bits per heavy atom. The first-order chi connectivity index (χ1) is 17.3. The van der Waals surface area contributed by atoms with Gasteiger partial charge in [-0.1, -0.05) is 36.4 Å². The molecule has 0 saturated heterocycles. The van der Waals surface area contributed by atoms with Crippen molar-refractivity contribution in [1.29, 1.82) is 0 Å². The third-order valence-corrected chi connectivity index (χ3v) is 7.25. The molecule has 0 saturated carbocycles. The smallest absolute Gasteiger partial charge is 0.338 e. The van der Waals surface area contributed by atoms with Crippen molar-refractivity contribution >= 4 is 38.7 Å². The average Bonchev–Trinajstić information content (AvgIpc) is 3.37. The van der Waals surface area contributed by atoms with Crippen LogP contribution in [0.15, 0.2) is 83.1 Å². The fourth-order valence-corrected chi connectivity index (χ4v) is 5.11. The lowest BCUT2D eigenvalue weighted by Gasteiger charge is -2.12. The summed E-state index contributed by atoms with van der Waals surface area (Å²) in [6, 6.07) is 18.4. The van der Waals surface area contributed by atoms with E-state index in [0.29, 0.717) is 5.69 Å². The SMILES string of the molecule is COc1ccc([N+](=O)[O-])cc1NS(=O)(=O)c1cccc(C(=O)OCc2csc(-c3ccccc3)n2)c1. The Labute approximate surface area is 210 Å². The van der Waals surface area contributed by atoms with E-state index in [2.05, 4.69) is 9.71 Å². The summed E-state index contributed by atoms with van der Waals surface area (Å²) >= 11 is 1.42. The zero-order valence-corrected chi connectivity index (χ0v) is 20.4. The van der Waals surface area contributed by atoms with Gasteiger partial charge in [-0.15, -0.1) is 11.3 Å². The molecule has 0 radical (unpaired) electrons. The first-order valence-electron chi connectivity index (χ1n) is 10.4. The van der Waals surface area contributed by atoms with Crippen molar-refractivity contribution < 1.29 is 27.6 Å². The molecule has 0 amide bonds. The van der Waals surface area contributed by atoms with Gasteiger partial charge in [-0.25, -0.2) is 18.2 Å². The number of carbonyl (C=O) groups excluding carboxylic acids is 1. The molecule has 1 aromatic heterocycles. The van der Waals surface area contributed by atoms with Crippen LogP contribution in [-0.2, 0) is 21.4 Å². The topological polar surface area (TPSA) is 138 Å². The van der Waals surface area contributed by atoms with Gasteiger partial charge < -0.3 is 9.47 Å². The number of nitrogens with zero attached hydrogens (tertiary/aromatic N) is 2. The first kappa shape index (κ1) is 24.8. The highest BCUT2D eigenvalue weighted by atomic mass is 32.2. The minimum absolute atomic E-state index is 0.0161. The third kappa shape index (κ3) is 5.67. The van der Waals surface area contributed by atoms with E-state index in [1.807, 2.05) is 30.3 Å². The molecule has 0 aliphatic carbocycles. The maximum absolute atomic E-state index is 12.9. The molecule has 12 heteroatoms. The largest absolute Gasteiger partial charge is 0.495 e. The summed E-state index contributed by atoms with van der Waals surface area (Å²) in [5.41, 5.74) is 1.10. The van der Waals surface area contributed by atoms with Gasteiger partial charge in [0.05, 0.1) is 33.9 Å². The summed E-state index contributed by atoms with van der Waals surface area (Å²) in [6.07, 6.45) is 0. The normalized spacial score (nSPS) is 11.0. The number of nitro benzene ring substituents is 1. The van der Waals surface area contributed by atoms with Crippen LogP contribution in [-0.4, -0.2) is 31.4 Å². The van der Waals surface area contributed by atoms with Crippen LogP contribution in [0.5, 0.6) is 5.75 Å². The van der Waals surface area contributed by atoms with Crippen LogP contribution in [0.1, 0.15) is 16.1 Å². The summed E-state index contributed by atoms with van der Waals surface area (Å²) in [5, 5.41) is 13.7. The van der Waals surface area contributed by atoms with Crippen LogP contribution < -0.4 is 9.46 Å². The van der Waals surface area contributed by atoms with Crippen LogP contribution in [0.4, 0.5) is 11.4 Å². The van der Waals surface area contributed by atoms with Gasteiger partial charge in [-0.2, -0.15) is 0 Å². The molecule has 36 heavy (non-hydrogen) atoms. The number of carbonyl (C=O) groups is 1. The fraction of sp³-hybridized carbons (Fsp3) is 0.0833. The van der Waals surface area contributed by atoms with Gasteiger partial charge in [0.15, 0.2) is 0 Å². The summed E-state index contributed by atoms with van der Waals surface area (Å²) in [4.78, 5) is 27.2. The van der Waals surface area contributed by atoms with Crippen molar-refractivity contribution in [1.82, 2.24) is 4.98 Å². The minimum atomic E-state index is -4.21. The minimum Gasteiger partial charge on any atom is -0.495 e. The second-order valence-electron chi connectivity index (χ2n) is 7.36. The molecule has 0 unspecified atom stereocenters. The Morgan fingerprint density at radius 3 is 2.58 bits per heavy atom. The number of non-ortho nitro benzene ring substituents is 1. The highest BCUT2D eigenvalue weighted by molar-refractivity contribution is 7.92. The Balaban J connectivity index is 1.48. The number of thiazole rings is 1. The van der Waals surface area contributed by atoms with Crippen molar-refractivity contribution in [2.75, 3.05) is 11.8 Å². The molecule has 1 N–H and O–H groups in total. The number of ether oxygens (including phenoxy) is 2. The van der Waals surface area contributed by atoms with Crippen LogP contribution in [0.3, 0.4) is 0 Å². The molecule has 0 aliphatic heterocycles. The molecule has 0 fully saturated rings. The second kappa shape index (κ2) is 10.5. The molecule has 1 heterocycles. The monoisotopic (exact) mass is 525 g/mol. The van der Waals surface area contributed by atoms with Gasteiger partial charge in [0.1, 0.15) is 17.4 Å². The summed E-state index contributed by atoms with van der Waals surface area (Å²) in [6.45, 7) is -0.0811. The van der Waals surface area contributed by atoms with Crippen molar-refractivity contribution in [2.24, 2.45) is 0 Å². The molecule has 0 aliphatic rings. The van der Waals surface area contributed by atoms with E-state index in [1.165, 1.54) is 48.8 Å². The Morgan fingerprint density at radius 1 is 1.08 bits per heavy atom. The fourth-order valence-electron chi connectivity index (χ4n) is 3.19. The Kier molecular flexibility index (Phi) is 7.27. The molecule has 4 aromatic rings. The molecular weight excluding hydrogens is 506 g/mol. The molecule has 3 aromatic carbocycles. The van der Waals surface area contributed by atoms with Crippen molar-refractivity contribution in [3.63, 3.8) is 0 Å². The highest BCUT2D eigenvalue weighted by Gasteiger charge is 2.21. The van der Waals surface area contributed by atoms with Gasteiger partial charge in [-0.05, 0) is 24.3 Å². The molecule has 184 valence electrons.